The summed E-state index contributed by atoms with van der Waals surface area (Å²) in [6.07, 6.45) is 4.32. The average Bonchev–Trinajstić information content (AvgIpc) is 2.33. The summed E-state index contributed by atoms with van der Waals surface area (Å²) in [5.41, 5.74) is 0. The molecule has 0 atom stereocenters. The van der Waals surface area contributed by atoms with Crippen molar-refractivity contribution in [1.29, 1.82) is 0 Å². The summed E-state index contributed by atoms with van der Waals surface area (Å²) in [7, 11) is 0. The molecule has 0 saturated carbocycles. The molecule has 4 heteroatoms. The third-order valence-corrected chi connectivity index (χ3v) is 2.84. The van der Waals surface area contributed by atoms with Crippen molar-refractivity contribution >= 4 is 17.4 Å². The van der Waals surface area contributed by atoms with E-state index in [0.29, 0.717) is 5.15 Å². The van der Waals surface area contributed by atoms with Crippen LogP contribution in [0.2, 0.25) is 5.15 Å². The number of nitrogens with zero attached hydrogens (tertiary/aromatic N) is 3. The highest BCUT2D eigenvalue weighted by molar-refractivity contribution is 6.29. The predicted octanol–water partition coefficient (Wildman–Crippen LogP) is 3.71. The first-order valence-corrected chi connectivity index (χ1v) is 6.87. The molecule has 0 amide bonds. The van der Waals surface area contributed by atoms with E-state index in [-0.39, 0.29) is 0 Å². The highest BCUT2D eigenvalue weighted by Gasteiger charge is 2.09. The quantitative estimate of drug-likeness (QED) is 0.696. The van der Waals surface area contributed by atoms with E-state index in [1.54, 1.807) is 0 Å². The number of rotatable bonds is 7. The second-order valence-corrected chi connectivity index (χ2v) is 4.55. The van der Waals surface area contributed by atoms with E-state index < -0.39 is 0 Å². The summed E-state index contributed by atoms with van der Waals surface area (Å²) >= 11 is 6.03. The Morgan fingerprint density at radius 1 is 1.12 bits per heavy atom. The Morgan fingerprint density at radius 3 is 2.47 bits per heavy atom. The van der Waals surface area contributed by atoms with E-state index in [4.69, 9.17) is 11.6 Å². The van der Waals surface area contributed by atoms with Crippen LogP contribution in [-0.4, -0.2) is 23.1 Å². The molecule has 0 saturated heterocycles. The van der Waals surface area contributed by atoms with Gasteiger partial charge in [0.15, 0.2) is 0 Å². The zero-order valence-corrected chi connectivity index (χ0v) is 11.8. The fourth-order valence-electron chi connectivity index (χ4n) is 1.73. The Kier molecular flexibility index (Phi) is 6.27. The summed E-state index contributed by atoms with van der Waals surface area (Å²) in [6, 6.07) is 1.87. The zero-order valence-electron chi connectivity index (χ0n) is 11.0. The predicted molar refractivity (Wildman–Crippen MR) is 73.8 cm³/mol. The molecule has 0 aliphatic heterocycles. The van der Waals surface area contributed by atoms with Crippen LogP contribution in [0.3, 0.4) is 0 Å². The summed E-state index contributed by atoms with van der Waals surface area (Å²) in [5.74, 6) is 1.79. The second kappa shape index (κ2) is 7.49. The van der Waals surface area contributed by atoms with Crippen LogP contribution in [0.1, 0.15) is 45.9 Å². The topological polar surface area (TPSA) is 29.0 Å². The standard InChI is InChI=1S/C13H22ClN3/c1-4-7-9-17(8-5-2)13-10-11(14)15-12(6-3)16-13/h10H,4-9H2,1-3H3. The van der Waals surface area contributed by atoms with Crippen LogP contribution in [0.25, 0.3) is 0 Å². The van der Waals surface area contributed by atoms with Gasteiger partial charge in [0.2, 0.25) is 0 Å². The Bertz CT molecular complexity index is 341. The number of hydrogen-bond donors (Lipinski definition) is 0. The molecule has 0 N–H and O–H groups in total. The van der Waals surface area contributed by atoms with Gasteiger partial charge in [-0.15, -0.1) is 0 Å². The molecule has 1 aromatic heterocycles. The molecule has 0 bridgehead atoms. The fraction of sp³-hybridized carbons (Fsp3) is 0.692. The van der Waals surface area contributed by atoms with Gasteiger partial charge in [0.05, 0.1) is 0 Å². The van der Waals surface area contributed by atoms with Gasteiger partial charge in [-0.05, 0) is 12.8 Å². The van der Waals surface area contributed by atoms with Gasteiger partial charge in [0.25, 0.3) is 0 Å². The van der Waals surface area contributed by atoms with Gasteiger partial charge in [-0.1, -0.05) is 38.8 Å². The van der Waals surface area contributed by atoms with E-state index in [2.05, 4.69) is 28.7 Å². The van der Waals surface area contributed by atoms with Gasteiger partial charge in [-0.3, -0.25) is 0 Å². The van der Waals surface area contributed by atoms with Crippen molar-refractivity contribution in [2.75, 3.05) is 18.0 Å². The molecule has 1 rings (SSSR count). The lowest BCUT2D eigenvalue weighted by molar-refractivity contribution is 0.692. The lowest BCUT2D eigenvalue weighted by Gasteiger charge is -2.23. The van der Waals surface area contributed by atoms with E-state index in [1.807, 2.05) is 13.0 Å². The van der Waals surface area contributed by atoms with E-state index in [1.165, 1.54) is 12.8 Å². The van der Waals surface area contributed by atoms with E-state index in [9.17, 15) is 0 Å². The Balaban J connectivity index is 2.87. The molecule has 17 heavy (non-hydrogen) atoms. The monoisotopic (exact) mass is 255 g/mol. The zero-order chi connectivity index (χ0) is 12.7. The Morgan fingerprint density at radius 2 is 1.88 bits per heavy atom. The molecule has 0 aliphatic carbocycles. The number of anilines is 1. The first kappa shape index (κ1) is 14.2. The number of unbranched alkanes of at least 4 members (excludes halogenated alkanes) is 1. The van der Waals surface area contributed by atoms with Crippen molar-refractivity contribution in [2.45, 2.75) is 46.5 Å². The number of aryl methyl sites for hydroxylation is 1. The average molecular weight is 256 g/mol. The Labute approximate surface area is 109 Å². The van der Waals surface area contributed by atoms with Gasteiger partial charge < -0.3 is 4.90 Å². The van der Waals surface area contributed by atoms with Gasteiger partial charge in [0.1, 0.15) is 16.8 Å². The molecule has 96 valence electrons. The summed E-state index contributed by atoms with van der Waals surface area (Å²) < 4.78 is 0. The molecular formula is C13H22ClN3. The summed E-state index contributed by atoms with van der Waals surface area (Å²) in [4.78, 5) is 11.1. The smallest absolute Gasteiger partial charge is 0.134 e. The van der Waals surface area contributed by atoms with Crippen molar-refractivity contribution in [3.63, 3.8) is 0 Å². The number of hydrogen-bond acceptors (Lipinski definition) is 3. The number of aromatic nitrogens is 2. The minimum absolute atomic E-state index is 0.546. The fourth-order valence-corrected chi connectivity index (χ4v) is 1.93. The van der Waals surface area contributed by atoms with E-state index in [0.717, 1.165) is 37.6 Å². The molecule has 0 spiro atoms. The highest BCUT2D eigenvalue weighted by Crippen LogP contribution is 2.17. The van der Waals surface area contributed by atoms with Crippen molar-refractivity contribution in [3.8, 4) is 0 Å². The van der Waals surface area contributed by atoms with Gasteiger partial charge >= 0.3 is 0 Å². The first-order chi connectivity index (χ1) is 8.21. The lowest BCUT2D eigenvalue weighted by Crippen LogP contribution is -2.26. The van der Waals surface area contributed by atoms with Crippen molar-refractivity contribution in [3.05, 3.63) is 17.0 Å². The SMILES string of the molecule is CCCCN(CCC)c1cc(Cl)nc(CC)n1. The molecule has 1 aromatic rings. The molecular weight excluding hydrogens is 234 g/mol. The van der Waals surface area contributed by atoms with Crippen LogP contribution in [0.5, 0.6) is 0 Å². The third-order valence-electron chi connectivity index (χ3n) is 2.64. The molecule has 0 aliphatic rings. The highest BCUT2D eigenvalue weighted by atomic mass is 35.5. The van der Waals surface area contributed by atoms with Crippen LogP contribution < -0.4 is 4.90 Å². The molecule has 3 nitrogen and oxygen atoms in total. The first-order valence-electron chi connectivity index (χ1n) is 6.49. The maximum atomic E-state index is 6.03. The van der Waals surface area contributed by atoms with Crippen LogP contribution in [0.15, 0.2) is 6.07 Å². The minimum Gasteiger partial charge on any atom is -0.356 e. The Hall–Kier alpha value is -0.830. The molecule has 1 heterocycles. The van der Waals surface area contributed by atoms with Crippen LogP contribution in [-0.2, 0) is 6.42 Å². The maximum Gasteiger partial charge on any atom is 0.134 e. The van der Waals surface area contributed by atoms with Gasteiger partial charge in [-0.25, -0.2) is 9.97 Å². The third kappa shape index (κ3) is 4.50. The van der Waals surface area contributed by atoms with Crippen LogP contribution >= 0.6 is 11.6 Å². The molecule has 0 unspecified atom stereocenters. The summed E-state index contributed by atoms with van der Waals surface area (Å²) in [5, 5.41) is 0.546. The molecule has 0 aromatic carbocycles. The van der Waals surface area contributed by atoms with Crippen LogP contribution in [0.4, 0.5) is 5.82 Å². The summed E-state index contributed by atoms with van der Waals surface area (Å²) in [6.45, 7) is 8.50. The maximum absolute atomic E-state index is 6.03. The molecule has 0 fully saturated rings. The van der Waals surface area contributed by atoms with Crippen molar-refractivity contribution in [1.82, 2.24) is 9.97 Å². The largest absolute Gasteiger partial charge is 0.356 e. The van der Waals surface area contributed by atoms with Gasteiger partial charge in [-0.2, -0.15) is 0 Å². The van der Waals surface area contributed by atoms with Gasteiger partial charge in [0, 0.05) is 25.6 Å². The number of halogens is 1. The van der Waals surface area contributed by atoms with Crippen molar-refractivity contribution in [2.24, 2.45) is 0 Å². The lowest BCUT2D eigenvalue weighted by atomic mass is 10.3. The second-order valence-electron chi connectivity index (χ2n) is 4.16. The minimum atomic E-state index is 0.546. The van der Waals surface area contributed by atoms with E-state index >= 15 is 0 Å². The normalized spacial score (nSPS) is 10.6. The molecule has 0 radical (unpaired) electrons. The van der Waals surface area contributed by atoms with Crippen LogP contribution in [0, 0.1) is 0 Å². The van der Waals surface area contributed by atoms with Crippen molar-refractivity contribution < 1.29 is 0 Å².